The molecule has 1 fully saturated rings. The minimum absolute atomic E-state index is 0.201. The lowest BCUT2D eigenvalue weighted by atomic mass is 10.1. The van der Waals surface area contributed by atoms with Gasteiger partial charge in [-0.25, -0.2) is 9.18 Å². The molecule has 0 bridgehead atoms. The van der Waals surface area contributed by atoms with Crippen LogP contribution < -0.4 is 15.4 Å². The van der Waals surface area contributed by atoms with Crippen LogP contribution in [-0.4, -0.2) is 44.2 Å². The number of urea groups is 1. The second kappa shape index (κ2) is 7.45. The van der Waals surface area contributed by atoms with Gasteiger partial charge < -0.3 is 20.3 Å². The Labute approximate surface area is 130 Å². The first-order chi connectivity index (χ1) is 10.5. The first-order valence-corrected chi connectivity index (χ1v) is 7.58. The molecule has 1 aliphatic heterocycles. The number of rotatable bonds is 4. The molecule has 2 N–H and O–H groups in total. The fourth-order valence-electron chi connectivity index (χ4n) is 2.61. The number of likely N-dealkylation sites (tertiary alicyclic amines) is 1. The van der Waals surface area contributed by atoms with E-state index in [0.717, 1.165) is 25.9 Å². The van der Waals surface area contributed by atoms with Crippen molar-refractivity contribution in [3.63, 3.8) is 0 Å². The molecule has 1 aromatic rings. The molecule has 6 heteroatoms. The summed E-state index contributed by atoms with van der Waals surface area (Å²) in [6.07, 6.45) is 1.91. The van der Waals surface area contributed by atoms with Crippen LogP contribution in [0.25, 0.3) is 0 Å². The number of carbonyl (C=O) groups excluding carboxylic acids is 1. The Bertz CT molecular complexity index is 516. The average Bonchev–Trinajstić information content (AvgIpc) is 2.49. The summed E-state index contributed by atoms with van der Waals surface area (Å²) >= 11 is 0. The zero-order chi connectivity index (χ0) is 16.1. The molecule has 1 saturated heterocycles. The van der Waals surface area contributed by atoms with Gasteiger partial charge in [-0.05, 0) is 57.6 Å². The highest BCUT2D eigenvalue weighted by atomic mass is 19.1. The molecule has 2 rings (SSSR count). The number of nitrogens with one attached hydrogen (secondary N) is 2. The van der Waals surface area contributed by atoms with Crippen molar-refractivity contribution in [3.8, 4) is 5.75 Å². The van der Waals surface area contributed by atoms with E-state index >= 15 is 0 Å². The molecule has 1 aromatic carbocycles. The molecule has 0 radical (unpaired) electrons. The monoisotopic (exact) mass is 309 g/mol. The van der Waals surface area contributed by atoms with Gasteiger partial charge in [0.1, 0.15) is 0 Å². The maximum atomic E-state index is 13.7. The molecule has 1 heterocycles. The van der Waals surface area contributed by atoms with Crippen LogP contribution in [0.2, 0.25) is 0 Å². The van der Waals surface area contributed by atoms with E-state index in [2.05, 4.69) is 22.6 Å². The zero-order valence-electron chi connectivity index (χ0n) is 13.4. The Balaban J connectivity index is 1.87. The highest BCUT2D eigenvalue weighted by molar-refractivity contribution is 5.74. The van der Waals surface area contributed by atoms with Crippen LogP contribution >= 0.6 is 0 Å². The predicted octanol–water partition coefficient (Wildman–Crippen LogP) is 2.29. The molecular weight excluding hydrogens is 285 g/mol. The van der Waals surface area contributed by atoms with Crippen molar-refractivity contribution < 1.29 is 13.9 Å². The quantitative estimate of drug-likeness (QED) is 0.897. The number of benzene rings is 1. The van der Waals surface area contributed by atoms with Gasteiger partial charge in [-0.3, -0.25) is 0 Å². The van der Waals surface area contributed by atoms with Crippen molar-refractivity contribution in [2.24, 2.45) is 0 Å². The van der Waals surface area contributed by atoms with Gasteiger partial charge in [0.15, 0.2) is 11.6 Å². The summed E-state index contributed by atoms with van der Waals surface area (Å²) in [6.45, 7) is 3.81. The van der Waals surface area contributed by atoms with E-state index in [9.17, 15) is 9.18 Å². The van der Waals surface area contributed by atoms with E-state index in [-0.39, 0.29) is 23.9 Å². The summed E-state index contributed by atoms with van der Waals surface area (Å²) in [5.74, 6) is -0.226. The average molecular weight is 309 g/mol. The summed E-state index contributed by atoms with van der Waals surface area (Å²) in [4.78, 5) is 14.3. The second-order valence-electron chi connectivity index (χ2n) is 5.81. The van der Waals surface area contributed by atoms with Crippen molar-refractivity contribution in [3.05, 3.63) is 29.6 Å². The van der Waals surface area contributed by atoms with E-state index in [4.69, 9.17) is 4.74 Å². The Hall–Kier alpha value is -1.82. The molecular formula is C16H24FN3O2. The van der Waals surface area contributed by atoms with Gasteiger partial charge in [0, 0.05) is 6.04 Å². The van der Waals surface area contributed by atoms with Crippen LogP contribution in [-0.2, 0) is 0 Å². The SMILES string of the molecule is COc1ccc(C(C)NC(=O)NC2CCN(C)CC2)cc1F. The lowest BCUT2D eigenvalue weighted by Crippen LogP contribution is -2.47. The number of carbonyl (C=O) groups is 1. The van der Waals surface area contributed by atoms with Crippen LogP contribution in [0.3, 0.4) is 0 Å². The van der Waals surface area contributed by atoms with E-state index in [0.29, 0.717) is 5.56 Å². The fourth-order valence-corrected chi connectivity index (χ4v) is 2.61. The summed E-state index contributed by atoms with van der Waals surface area (Å²) in [5.41, 5.74) is 0.705. The molecule has 1 unspecified atom stereocenters. The maximum absolute atomic E-state index is 13.7. The molecule has 1 aliphatic rings. The van der Waals surface area contributed by atoms with Crippen molar-refractivity contribution in [2.75, 3.05) is 27.2 Å². The van der Waals surface area contributed by atoms with Crippen LogP contribution in [0.5, 0.6) is 5.75 Å². The van der Waals surface area contributed by atoms with Crippen LogP contribution in [0.4, 0.5) is 9.18 Å². The van der Waals surface area contributed by atoms with Crippen molar-refractivity contribution in [2.45, 2.75) is 31.8 Å². The minimum atomic E-state index is -0.427. The van der Waals surface area contributed by atoms with Crippen LogP contribution in [0.15, 0.2) is 18.2 Å². The molecule has 0 spiro atoms. The molecule has 122 valence electrons. The van der Waals surface area contributed by atoms with Crippen LogP contribution in [0, 0.1) is 5.82 Å². The third-order valence-electron chi connectivity index (χ3n) is 4.08. The Morgan fingerprint density at radius 2 is 2.09 bits per heavy atom. The van der Waals surface area contributed by atoms with Crippen LogP contribution in [0.1, 0.15) is 31.4 Å². The fraction of sp³-hybridized carbons (Fsp3) is 0.562. The third-order valence-corrected chi connectivity index (χ3v) is 4.08. The summed E-state index contributed by atoms with van der Waals surface area (Å²) < 4.78 is 18.6. The highest BCUT2D eigenvalue weighted by Gasteiger charge is 2.19. The van der Waals surface area contributed by atoms with Gasteiger partial charge in [-0.15, -0.1) is 0 Å². The number of piperidine rings is 1. The number of halogens is 1. The predicted molar refractivity (Wildman–Crippen MR) is 83.6 cm³/mol. The highest BCUT2D eigenvalue weighted by Crippen LogP contribution is 2.21. The minimum Gasteiger partial charge on any atom is -0.494 e. The summed E-state index contributed by atoms with van der Waals surface area (Å²) in [7, 11) is 3.51. The lowest BCUT2D eigenvalue weighted by Gasteiger charge is -2.29. The van der Waals surface area contributed by atoms with Crippen molar-refractivity contribution in [1.29, 1.82) is 0 Å². The lowest BCUT2D eigenvalue weighted by molar-refractivity contribution is 0.212. The van der Waals surface area contributed by atoms with E-state index in [1.165, 1.54) is 13.2 Å². The van der Waals surface area contributed by atoms with Gasteiger partial charge in [0.05, 0.1) is 13.2 Å². The van der Waals surface area contributed by atoms with Crippen molar-refractivity contribution in [1.82, 2.24) is 15.5 Å². The number of hydrogen-bond acceptors (Lipinski definition) is 3. The van der Waals surface area contributed by atoms with Gasteiger partial charge in [-0.1, -0.05) is 6.07 Å². The number of amides is 2. The van der Waals surface area contributed by atoms with E-state index in [1.807, 2.05) is 6.92 Å². The first kappa shape index (κ1) is 16.5. The topological polar surface area (TPSA) is 53.6 Å². The third kappa shape index (κ3) is 4.34. The zero-order valence-corrected chi connectivity index (χ0v) is 13.4. The number of hydrogen-bond donors (Lipinski definition) is 2. The number of ether oxygens (including phenoxy) is 1. The molecule has 5 nitrogen and oxygen atoms in total. The van der Waals surface area contributed by atoms with Gasteiger partial charge >= 0.3 is 6.03 Å². The molecule has 1 atom stereocenters. The summed E-state index contributed by atoms with van der Waals surface area (Å²) in [6, 6.07) is 4.43. The molecule has 2 amide bonds. The number of methoxy groups -OCH3 is 1. The Morgan fingerprint density at radius 1 is 1.41 bits per heavy atom. The Kier molecular flexibility index (Phi) is 5.60. The molecule has 0 saturated carbocycles. The summed E-state index contributed by atoms with van der Waals surface area (Å²) in [5, 5.41) is 5.83. The first-order valence-electron chi connectivity index (χ1n) is 7.58. The molecule has 0 aliphatic carbocycles. The second-order valence-corrected chi connectivity index (χ2v) is 5.81. The Morgan fingerprint density at radius 3 is 2.68 bits per heavy atom. The van der Waals surface area contributed by atoms with E-state index in [1.54, 1.807) is 12.1 Å². The maximum Gasteiger partial charge on any atom is 0.315 e. The number of nitrogens with zero attached hydrogens (tertiary/aromatic N) is 1. The molecule has 0 aromatic heterocycles. The van der Waals surface area contributed by atoms with Gasteiger partial charge in [-0.2, -0.15) is 0 Å². The molecule has 22 heavy (non-hydrogen) atoms. The van der Waals surface area contributed by atoms with Gasteiger partial charge in [0.25, 0.3) is 0 Å². The largest absolute Gasteiger partial charge is 0.494 e. The normalized spacial score (nSPS) is 17.8. The smallest absolute Gasteiger partial charge is 0.315 e. The standard InChI is InChI=1S/C16H24FN3O2/c1-11(12-4-5-15(22-3)14(17)10-12)18-16(21)19-13-6-8-20(2)9-7-13/h4-5,10-11,13H,6-9H2,1-3H3,(H2,18,19,21). The van der Waals surface area contributed by atoms with Gasteiger partial charge in [0.2, 0.25) is 0 Å². The van der Waals surface area contributed by atoms with Crippen molar-refractivity contribution >= 4 is 6.03 Å². The van der Waals surface area contributed by atoms with E-state index < -0.39 is 5.82 Å².